The summed E-state index contributed by atoms with van der Waals surface area (Å²) in [7, 11) is 0. The van der Waals surface area contributed by atoms with Crippen molar-refractivity contribution in [3.8, 4) is 0 Å². The van der Waals surface area contributed by atoms with E-state index in [1.54, 1.807) is 0 Å². The highest BCUT2D eigenvalue weighted by Crippen LogP contribution is 2.24. The van der Waals surface area contributed by atoms with Gasteiger partial charge in [-0.3, -0.25) is 4.79 Å². The van der Waals surface area contributed by atoms with Gasteiger partial charge in [0.05, 0.1) is 5.56 Å². The fraction of sp³-hybridized carbons (Fsp3) is 0.533. The number of benzene rings is 1. The third-order valence-corrected chi connectivity index (χ3v) is 4.68. The van der Waals surface area contributed by atoms with Crippen LogP contribution < -0.4 is 5.32 Å². The molecule has 1 N–H and O–H groups in total. The zero-order valence-corrected chi connectivity index (χ0v) is 13.2. The molecule has 1 aromatic carbocycles. The minimum absolute atomic E-state index is 0.145. The second-order valence-corrected chi connectivity index (χ2v) is 5.87. The molecule has 1 saturated heterocycles. The molecule has 1 atom stereocenters. The average Bonchev–Trinajstić information content (AvgIpc) is 2.92. The first-order chi connectivity index (χ1) is 9.15. The summed E-state index contributed by atoms with van der Waals surface area (Å²) in [6.07, 6.45) is 2.04. The van der Waals surface area contributed by atoms with E-state index in [-0.39, 0.29) is 5.91 Å². The second kappa shape index (κ2) is 6.53. The van der Waals surface area contributed by atoms with Gasteiger partial charge in [-0.25, -0.2) is 0 Å². The van der Waals surface area contributed by atoms with Crippen LogP contribution in [0.1, 0.15) is 35.7 Å². The third-order valence-electron chi connectivity index (χ3n) is 3.62. The lowest BCUT2D eigenvalue weighted by molar-refractivity contribution is 0.0691. The fourth-order valence-corrected chi connectivity index (χ4v) is 3.00. The van der Waals surface area contributed by atoms with Crippen molar-refractivity contribution in [2.45, 2.75) is 32.7 Å². The monoisotopic (exact) mass is 324 g/mol. The molecule has 2 rings (SSSR count). The van der Waals surface area contributed by atoms with Crippen molar-refractivity contribution >= 4 is 21.8 Å². The van der Waals surface area contributed by atoms with Crippen molar-refractivity contribution in [1.82, 2.24) is 10.2 Å². The van der Waals surface area contributed by atoms with Gasteiger partial charge in [0, 0.05) is 23.6 Å². The molecule has 19 heavy (non-hydrogen) atoms. The number of aryl methyl sites for hydroxylation is 1. The smallest absolute Gasteiger partial charge is 0.255 e. The number of hydrogen-bond acceptors (Lipinski definition) is 2. The van der Waals surface area contributed by atoms with Gasteiger partial charge in [0.15, 0.2) is 0 Å². The Hall–Kier alpha value is -0.870. The summed E-state index contributed by atoms with van der Waals surface area (Å²) < 4.78 is 0.923. The maximum Gasteiger partial charge on any atom is 0.255 e. The molecule has 1 unspecified atom stereocenters. The quantitative estimate of drug-likeness (QED) is 0.923. The topological polar surface area (TPSA) is 32.3 Å². The Morgan fingerprint density at radius 3 is 2.95 bits per heavy atom. The van der Waals surface area contributed by atoms with Gasteiger partial charge < -0.3 is 10.2 Å². The third kappa shape index (κ3) is 3.18. The van der Waals surface area contributed by atoms with E-state index in [0.29, 0.717) is 6.04 Å². The molecule has 0 bridgehead atoms. The highest BCUT2D eigenvalue weighted by atomic mass is 79.9. The summed E-state index contributed by atoms with van der Waals surface area (Å²) in [4.78, 5) is 14.8. The van der Waals surface area contributed by atoms with Crippen LogP contribution in [0.15, 0.2) is 22.7 Å². The molecule has 104 valence electrons. The molecule has 1 heterocycles. The Bertz CT molecular complexity index is 455. The van der Waals surface area contributed by atoms with E-state index in [4.69, 9.17) is 0 Å². The summed E-state index contributed by atoms with van der Waals surface area (Å²) in [6.45, 7) is 6.88. The maximum atomic E-state index is 12.8. The van der Waals surface area contributed by atoms with Gasteiger partial charge in [0.1, 0.15) is 0 Å². The number of nitrogens with zero attached hydrogens (tertiary/aromatic N) is 1. The predicted octanol–water partition coefficient (Wildman–Crippen LogP) is 2.97. The van der Waals surface area contributed by atoms with E-state index in [0.717, 1.165) is 48.1 Å². The van der Waals surface area contributed by atoms with Crippen LogP contribution in [0.3, 0.4) is 0 Å². The number of rotatable bonds is 4. The molecule has 0 spiro atoms. The van der Waals surface area contributed by atoms with E-state index >= 15 is 0 Å². The van der Waals surface area contributed by atoms with Crippen LogP contribution in [0.4, 0.5) is 0 Å². The summed E-state index contributed by atoms with van der Waals surface area (Å²) in [5.41, 5.74) is 1.88. The molecule has 0 saturated carbocycles. The molecule has 1 fully saturated rings. The molecule has 1 aliphatic rings. The number of nitrogens with one attached hydrogen (secondary N) is 1. The molecule has 3 nitrogen and oxygen atoms in total. The lowest BCUT2D eigenvalue weighted by Gasteiger charge is -2.28. The first-order valence-electron chi connectivity index (χ1n) is 6.92. The fourth-order valence-electron chi connectivity index (χ4n) is 2.56. The van der Waals surface area contributed by atoms with E-state index in [9.17, 15) is 4.79 Å². The van der Waals surface area contributed by atoms with Crippen LogP contribution in [0.2, 0.25) is 0 Å². The lowest BCUT2D eigenvalue weighted by Crippen LogP contribution is -2.42. The van der Waals surface area contributed by atoms with Crippen LogP contribution in [-0.2, 0) is 0 Å². The summed E-state index contributed by atoms with van der Waals surface area (Å²) in [5, 5.41) is 3.34. The van der Waals surface area contributed by atoms with Crippen LogP contribution in [0, 0.1) is 6.92 Å². The molecule has 1 amide bonds. The number of amides is 1. The van der Waals surface area contributed by atoms with Crippen LogP contribution >= 0.6 is 15.9 Å². The van der Waals surface area contributed by atoms with Gasteiger partial charge in [-0.05, 0) is 53.9 Å². The van der Waals surface area contributed by atoms with Gasteiger partial charge >= 0.3 is 0 Å². The standard InChI is InChI=1S/C15H21BrN2O/c1-3-9-18(12-7-8-17-10-12)15(19)13-6-4-5-11(2)14(13)16/h4-6,12,17H,3,7-10H2,1-2H3. The van der Waals surface area contributed by atoms with Gasteiger partial charge in [0.25, 0.3) is 5.91 Å². The Morgan fingerprint density at radius 2 is 2.32 bits per heavy atom. The van der Waals surface area contributed by atoms with Gasteiger partial charge in [-0.1, -0.05) is 19.1 Å². The van der Waals surface area contributed by atoms with Gasteiger partial charge in [-0.2, -0.15) is 0 Å². The molecule has 0 aromatic heterocycles. The Morgan fingerprint density at radius 1 is 1.53 bits per heavy atom. The normalized spacial score (nSPS) is 18.6. The molecule has 1 aliphatic heterocycles. The first kappa shape index (κ1) is 14.5. The predicted molar refractivity (Wildman–Crippen MR) is 81.5 cm³/mol. The molecular formula is C15H21BrN2O. The van der Waals surface area contributed by atoms with Crippen molar-refractivity contribution in [2.75, 3.05) is 19.6 Å². The Labute approximate surface area is 123 Å². The van der Waals surface area contributed by atoms with Crippen molar-refractivity contribution in [2.24, 2.45) is 0 Å². The van der Waals surface area contributed by atoms with Crippen molar-refractivity contribution in [3.05, 3.63) is 33.8 Å². The van der Waals surface area contributed by atoms with Crippen molar-refractivity contribution in [3.63, 3.8) is 0 Å². The number of hydrogen-bond donors (Lipinski definition) is 1. The summed E-state index contributed by atoms with van der Waals surface area (Å²) in [5.74, 6) is 0.145. The lowest BCUT2D eigenvalue weighted by atomic mass is 10.1. The van der Waals surface area contributed by atoms with Gasteiger partial charge in [-0.15, -0.1) is 0 Å². The highest BCUT2D eigenvalue weighted by Gasteiger charge is 2.27. The SMILES string of the molecule is CCCN(C(=O)c1cccc(C)c1Br)C1CCNC1. The molecule has 0 radical (unpaired) electrons. The summed E-state index contributed by atoms with van der Waals surface area (Å²) >= 11 is 3.55. The van der Waals surface area contributed by atoms with E-state index in [1.807, 2.05) is 30.0 Å². The van der Waals surface area contributed by atoms with Gasteiger partial charge in [0.2, 0.25) is 0 Å². The molecule has 4 heteroatoms. The van der Waals surface area contributed by atoms with Crippen molar-refractivity contribution < 1.29 is 4.79 Å². The van der Waals surface area contributed by atoms with Crippen molar-refractivity contribution in [1.29, 1.82) is 0 Å². The first-order valence-corrected chi connectivity index (χ1v) is 7.71. The van der Waals surface area contributed by atoms with Crippen LogP contribution in [-0.4, -0.2) is 36.5 Å². The van der Waals surface area contributed by atoms with E-state index in [2.05, 4.69) is 28.2 Å². The summed E-state index contributed by atoms with van der Waals surface area (Å²) in [6, 6.07) is 6.21. The maximum absolute atomic E-state index is 12.8. The molecule has 0 aliphatic carbocycles. The van der Waals surface area contributed by atoms with Crippen LogP contribution in [0.25, 0.3) is 0 Å². The number of carbonyl (C=O) groups is 1. The zero-order chi connectivity index (χ0) is 13.8. The molecular weight excluding hydrogens is 304 g/mol. The highest BCUT2D eigenvalue weighted by molar-refractivity contribution is 9.10. The minimum atomic E-state index is 0.145. The number of halogens is 1. The Kier molecular flexibility index (Phi) is 4.99. The number of carbonyl (C=O) groups excluding carboxylic acids is 1. The minimum Gasteiger partial charge on any atom is -0.334 e. The Balaban J connectivity index is 2.25. The second-order valence-electron chi connectivity index (χ2n) is 5.08. The molecule has 1 aromatic rings. The van der Waals surface area contributed by atoms with E-state index < -0.39 is 0 Å². The van der Waals surface area contributed by atoms with Crippen LogP contribution in [0.5, 0.6) is 0 Å². The largest absolute Gasteiger partial charge is 0.334 e. The van der Waals surface area contributed by atoms with E-state index in [1.165, 1.54) is 0 Å². The average molecular weight is 325 g/mol. The zero-order valence-electron chi connectivity index (χ0n) is 11.6.